The lowest BCUT2D eigenvalue weighted by Gasteiger charge is -2.25. The predicted octanol–water partition coefficient (Wildman–Crippen LogP) is 2.30. The molecule has 0 aromatic carbocycles. The number of aryl methyl sites for hydroxylation is 1. The first kappa shape index (κ1) is 13.2. The van der Waals surface area contributed by atoms with E-state index >= 15 is 0 Å². The lowest BCUT2D eigenvalue weighted by Crippen LogP contribution is -2.31. The molecule has 4 nitrogen and oxygen atoms in total. The van der Waals surface area contributed by atoms with Crippen LogP contribution in [-0.2, 0) is 4.74 Å². The Bertz CT molecular complexity index is 321. The van der Waals surface area contributed by atoms with Crippen molar-refractivity contribution in [1.82, 2.24) is 5.43 Å². The molecule has 0 aliphatic carbocycles. The van der Waals surface area contributed by atoms with E-state index in [-0.39, 0.29) is 11.6 Å². The summed E-state index contributed by atoms with van der Waals surface area (Å²) in [5, 5.41) is 0. The average Bonchev–Trinajstić information content (AvgIpc) is 2.66. The number of nitrogens with two attached hydrogens (primary N) is 1. The number of ether oxygens (including phenoxy) is 1. The Labute approximate surface area is 97.1 Å². The molecule has 4 heteroatoms. The van der Waals surface area contributed by atoms with Crippen LogP contribution in [0.2, 0.25) is 0 Å². The summed E-state index contributed by atoms with van der Waals surface area (Å²) in [7, 11) is 1.73. The third-order valence-corrected chi connectivity index (χ3v) is 2.94. The summed E-state index contributed by atoms with van der Waals surface area (Å²) in [6.45, 7) is 6.07. The third-order valence-electron chi connectivity index (χ3n) is 2.94. The van der Waals surface area contributed by atoms with Gasteiger partial charge in [0.15, 0.2) is 0 Å². The van der Waals surface area contributed by atoms with Crippen LogP contribution in [-0.4, -0.2) is 12.7 Å². The molecular formula is C12H22N2O2. The summed E-state index contributed by atoms with van der Waals surface area (Å²) in [4.78, 5) is 0. The highest BCUT2D eigenvalue weighted by Gasteiger charge is 2.20. The minimum atomic E-state index is -0.117. The number of hydrogen-bond donors (Lipinski definition) is 2. The van der Waals surface area contributed by atoms with E-state index in [2.05, 4.69) is 19.3 Å². The summed E-state index contributed by atoms with van der Waals surface area (Å²) in [6, 6.07) is 2.12. The second-order valence-corrected chi connectivity index (χ2v) is 4.71. The van der Waals surface area contributed by atoms with E-state index in [1.165, 1.54) is 0 Å². The Morgan fingerprint density at radius 1 is 1.56 bits per heavy atom. The van der Waals surface area contributed by atoms with Crippen molar-refractivity contribution in [3.8, 4) is 0 Å². The van der Waals surface area contributed by atoms with Crippen LogP contribution in [0.5, 0.6) is 0 Å². The highest BCUT2D eigenvalue weighted by molar-refractivity contribution is 5.16. The third kappa shape index (κ3) is 3.63. The molecule has 1 unspecified atom stereocenters. The zero-order chi connectivity index (χ0) is 12.2. The molecule has 16 heavy (non-hydrogen) atoms. The number of hydrogen-bond acceptors (Lipinski definition) is 4. The molecule has 3 N–H and O–H groups in total. The predicted molar refractivity (Wildman–Crippen MR) is 63.8 cm³/mol. The van der Waals surface area contributed by atoms with Crippen LogP contribution >= 0.6 is 0 Å². The number of nitrogens with one attached hydrogen (secondary N) is 1. The molecule has 0 saturated carbocycles. The van der Waals surface area contributed by atoms with Gasteiger partial charge in [-0.05, 0) is 39.7 Å². The van der Waals surface area contributed by atoms with Crippen molar-refractivity contribution in [3.63, 3.8) is 0 Å². The minimum absolute atomic E-state index is 0.117. The van der Waals surface area contributed by atoms with E-state index in [1.54, 1.807) is 13.4 Å². The lowest BCUT2D eigenvalue weighted by atomic mass is 9.96. The van der Waals surface area contributed by atoms with Crippen molar-refractivity contribution < 1.29 is 9.15 Å². The van der Waals surface area contributed by atoms with Gasteiger partial charge in [-0.1, -0.05) is 0 Å². The van der Waals surface area contributed by atoms with E-state index in [9.17, 15) is 0 Å². The van der Waals surface area contributed by atoms with Crippen LogP contribution < -0.4 is 11.3 Å². The molecule has 1 rings (SSSR count). The number of methoxy groups -OCH3 is 1. The molecule has 0 amide bonds. The highest BCUT2D eigenvalue weighted by Crippen LogP contribution is 2.25. The number of rotatable bonds is 6. The maximum absolute atomic E-state index is 5.55. The van der Waals surface area contributed by atoms with Crippen molar-refractivity contribution in [3.05, 3.63) is 23.7 Å². The van der Waals surface area contributed by atoms with E-state index < -0.39 is 0 Å². The van der Waals surface area contributed by atoms with Gasteiger partial charge in [-0.2, -0.15) is 0 Å². The molecule has 1 atom stereocenters. The molecule has 0 radical (unpaired) electrons. The van der Waals surface area contributed by atoms with Crippen molar-refractivity contribution in [2.75, 3.05) is 7.11 Å². The normalized spacial score (nSPS) is 14.1. The van der Waals surface area contributed by atoms with Gasteiger partial charge in [0.05, 0.1) is 11.9 Å². The van der Waals surface area contributed by atoms with Gasteiger partial charge < -0.3 is 9.15 Å². The SMILES string of the molecule is COC(C)(C)CCC(NN)c1coc(C)c1. The molecule has 0 fully saturated rings. The molecule has 0 aliphatic rings. The maximum atomic E-state index is 5.55. The van der Waals surface area contributed by atoms with Crippen molar-refractivity contribution >= 4 is 0 Å². The van der Waals surface area contributed by atoms with E-state index in [1.807, 2.05) is 13.0 Å². The molecule has 1 aromatic heterocycles. The smallest absolute Gasteiger partial charge is 0.101 e. The minimum Gasteiger partial charge on any atom is -0.469 e. The van der Waals surface area contributed by atoms with Crippen molar-refractivity contribution in [2.45, 2.75) is 45.3 Å². The van der Waals surface area contributed by atoms with Gasteiger partial charge in [-0.25, -0.2) is 0 Å². The molecule has 1 heterocycles. The summed E-state index contributed by atoms with van der Waals surface area (Å²) in [5.74, 6) is 6.46. The van der Waals surface area contributed by atoms with Gasteiger partial charge in [-0.3, -0.25) is 11.3 Å². The van der Waals surface area contributed by atoms with Crippen molar-refractivity contribution in [1.29, 1.82) is 0 Å². The Balaban J connectivity index is 2.56. The second kappa shape index (κ2) is 5.48. The fourth-order valence-corrected chi connectivity index (χ4v) is 1.59. The van der Waals surface area contributed by atoms with Gasteiger partial charge in [0, 0.05) is 18.7 Å². The van der Waals surface area contributed by atoms with Crippen LogP contribution in [0.3, 0.4) is 0 Å². The Kier molecular flexibility index (Phi) is 4.53. The van der Waals surface area contributed by atoms with Gasteiger partial charge in [0.2, 0.25) is 0 Å². The average molecular weight is 226 g/mol. The summed E-state index contributed by atoms with van der Waals surface area (Å²) < 4.78 is 10.7. The van der Waals surface area contributed by atoms with Crippen LogP contribution in [0.25, 0.3) is 0 Å². The van der Waals surface area contributed by atoms with E-state index in [4.69, 9.17) is 15.0 Å². The summed E-state index contributed by atoms with van der Waals surface area (Å²) >= 11 is 0. The number of furan rings is 1. The Morgan fingerprint density at radius 3 is 2.69 bits per heavy atom. The fraction of sp³-hybridized carbons (Fsp3) is 0.667. The Morgan fingerprint density at radius 2 is 2.25 bits per heavy atom. The molecule has 0 bridgehead atoms. The largest absolute Gasteiger partial charge is 0.469 e. The number of hydrazine groups is 1. The van der Waals surface area contributed by atoms with Crippen LogP contribution in [0.1, 0.15) is 44.1 Å². The summed E-state index contributed by atoms with van der Waals surface area (Å²) in [6.07, 6.45) is 3.60. The quantitative estimate of drug-likeness (QED) is 0.577. The Hall–Kier alpha value is -0.840. The zero-order valence-corrected chi connectivity index (χ0v) is 10.5. The first-order valence-electron chi connectivity index (χ1n) is 5.55. The van der Waals surface area contributed by atoms with Gasteiger partial charge in [-0.15, -0.1) is 0 Å². The second-order valence-electron chi connectivity index (χ2n) is 4.71. The molecule has 0 aliphatic heterocycles. The van der Waals surface area contributed by atoms with Crippen LogP contribution in [0.15, 0.2) is 16.7 Å². The van der Waals surface area contributed by atoms with Gasteiger partial charge in [0.25, 0.3) is 0 Å². The first-order chi connectivity index (χ1) is 7.48. The van der Waals surface area contributed by atoms with Crippen LogP contribution in [0, 0.1) is 6.92 Å². The van der Waals surface area contributed by atoms with E-state index in [0.29, 0.717) is 0 Å². The van der Waals surface area contributed by atoms with Gasteiger partial charge in [0.1, 0.15) is 5.76 Å². The summed E-state index contributed by atoms with van der Waals surface area (Å²) in [5.41, 5.74) is 3.79. The monoisotopic (exact) mass is 226 g/mol. The van der Waals surface area contributed by atoms with Crippen molar-refractivity contribution in [2.24, 2.45) is 5.84 Å². The topological polar surface area (TPSA) is 60.4 Å². The standard InChI is InChI=1S/C12H22N2O2/c1-9-7-10(8-16-9)11(14-13)5-6-12(2,3)15-4/h7-8,11,14H,5-6,13H2,1-4H3. The maximum Gasteiger partial charge on any atom is 0.101 e. The molecule has 1 aromatic rings. The molecule has 0 saturated heterocycles. The highest BCUT2D eigenvalue weighted by atomic mass is 16.5. The van der Waals surface area contributed by atoms with Gasteiger partial charge >= 0.3 is 0 Å². The fourth-order valence-electron chi connectivity index (χ4n) is 1.59. The molecule has 92 valence electrons. The molecule has 0 spiro atoms. The first-order valence-corrected chi connectivity index (χ1v) is 5.55. The van der Waals surface area contributed by atoms with Crippen LogP contribution in [0.4, 0.5) is 0 Å². The molecular weight excluding hydrogens is 204 g/mol. The zero-order valence-electron chi connectivity index (χ0n) is 10.5. The lowest BCUT2D eigenvalue weighted by molar-refractivity contribution is 0.0116. The van der Waals surface area contributed by atoms with E-state index in [0.717, 1.165) is 24.2 Å².